The molecule has 3 rings (SSSR count). The largest absolute Gasteiger partial charge is 0.346 e. The zero-order chi connectivity index (χ0) is 18.0. The zero-order valence-corrected chi connectivity index (χ0v) is 14.5. The topological polar surface area (TPSA) is 72.2 Å². The molecule has 0 saturated carbocycles. The molecular formula is C20H22N2O3. The van der Waals surface area contributed by atoms with Crippen LogP contribution in [-0.4, -0.2) is 10.8 Å². The van der Waals surface area contributed by atoms with Crippen LogP contribution in [-0.2, 0) is 12.8 Å². The van der Waals surface area contributed by atoms with Crippen LogP contribution in [0.2, 0.25) is 0 Å². The van der Waals surface area contributed by atoms with Gasteiger partial charge in [0.2, 0.25) is 0 Å². The number of aryl methyl sites for hydroxylation is 2. The summed E-state index contributed by atoms with van der Waals surface area (Å²) in [6.45, 7) is 3.55. The SMILES string of the molecule is Cc1c(C(=O)NC(C)c2ccc3c(c2)CCCC3)cccc1[N+](=O)[O-]. The van der Waals surface area contributed by atoms with E-state index >= 15 is 0 Å². The van der Waals surface area contributed by atoms with Crippen LogP contribution in [0.15, 0.2) is 36.4 Å². The van der Waals surface area contributed by atoms with Crippen molar-refractivity contribution in [2.75, 3.05) is 0 Å². The first-order valence-electron chi connectivity index (χ1n) is 8.64. The lowest BCUT2D eigenvalue weighted by Crippen LogP contribution is -2.27. The molecule has 1 aliphatic rings. The van der Waals surface area contributed by atoms with Crippen molar-refractivity contribution in [3.63, 3.8) is 0 Å². The summed E-state index contributed by atoms with van der Waals surface area (Å²) in [7, 11) is 0. The van der Waals surface area contributed by atoms with Gasteiger partial charge in [-0.2, -0.15) is 0 Å². The molecule has 2 aromatic carbocycles. The molecule has 5 heteroatoms. The van der Waals surface area contributed by atoms with E-state index in [4.69, 9.17) is 0 Å². The molecule has 1 N–H and O–H groups in total. The van der Waals surface area contributed by atoms with Crippen molar-refractivity contribution in [3.8, 4) is 0 Å². The second-order valence-corrected chi connectivity index (χ2v) is 6.64. The van der Waals surface area contributed by atoms with Crippen molar-refractivity contribution in [1.82, 2.24) is 5.32 Å². The Bertz CT molecular complexity index is 830. The minimum atomic E-state index is -0.459. The maximum atomic E-state index is 12.6. The summed E-state index contributed by atoms with van der Waals surface area (Å²) < 4.78 is 0. The third-order valence-electron chi connectivity index (χ3n) is 4.97. The molecule has 0 heterocycles. The van der Waals surface area contributed by atoms with Gasteiger partial charge in [-0.15, -0.1) is 0 Å². The molecule has 5 nitrogen and oxygen atoms in total. The normalized spacial score (nSPS) is 14.5. The number of nitro benzene ring substituents is 1. The number of fused-ring (bicyclic) bond motifs is 1. The fraction of sp³-hybridized carbons (Fsp3) is 0.350. The van der Waals surface area contributed by atoms with Gasteiger partial charge in [-0.1, -0.05) is 24.3 Å². The van der Waals surface area contributed by atoms with Crippen LogP contribution in [0.4, 0.5) is 5.69 Å². The van der Waals surface area contributed by atoms with Gasteiger partial charge in [0.1, 0.15) is 0 Å². The van der Waals surface area contributed by atoms with Crippen LogP contribution in [0.3, 0.4) is 0 Å². The predicted molar refractivity (Wildman–Crippen MR) is 96.8 cm³/mol. The quantitative estimate of drug-likeness (QED) is 0.668. The number of benzene rings is 2. The molecule has 0 aliphatic heterocycles. The van der Waals surface area contributed by atoms with Crippen LogP contribution in [0, 0.1) is 17.0 Å². The Hall–Kier alpha value is -2.69. The summed E-state index contributed by atoms with van der Waals surface area (Å²) in [4.78, 5) is 23.2. The number of nitro groups is 1. The number of nitrogens with one attached hydrogen (secondary N) is 1. The van der Waals surface area contributed by atoms with E-state index in [2.05, 4.69) is 23.5 Å². The van der Waals surface area contributed by atoms with Crippen LogP contribution < -0.4 is 5.32 Å². The Morgan fingerprint density at radius 3 is 2.60 bits per heavy atom. The Balaban J connectivity index is 1.79. The van der Waals surface area contributed by atoms with Gasteiger partial charge in [-0.3, -0.25) is 14.9 Å². The van der Waals surface area contributed by atoms with E-state index in [9.17, 15) is 14.9 Å². The highest BCUT2D eigenvalue weighted by molar-refractivity contribution is 5.96. The van der Waals surface area contributed by atoms with Crippen molar-refractivity contribution >= 4 is 11.6 Å². The van der Waals surface area contributed by atoms with E-state index in [0.717, 1.165) is 18.4 Å². The summed E-state index contributed by atoms with van der Waals surface area (Å²) in [5.74, 6) is -0.286. The molecule has 1 amide bonds. The highest BCUT2D eigenvalue weighted by Crippen LogP contribution is 2.26. The number of carbonyl (C=O) groups is 1. The van der Waals surface area contributed by atoms with Gasteiger partial charge in [0.05, 0.1) is 11.0 Å². The van der Waals surface area contributed by atoms with E-state index in [0.29, 0.717) is 11.1 Å². The Morgan fingerprint density at radius 2 is 1.88 bits per heavy atom. The number of carbonyl (C=O) groups excluding carboxylic acids is 1. The van der Waals surface area contributed by atoms with Crippen LogP contribution in [0.1, 0.15) is 58.4 Å². The van der Waals surface area contributed by atoms with E-state index in [1.54, 1.807) is 19.1 Å². The van der Waals surface area contributed by atoms with Crippen molar-refractivity contribution in [2.45, 2.75) is 45.6 Å². The van der Waals surface area contributed by atoms with Gasteiger partial charge in [0, 0.05) is 17.2 Å². The van der Waals surface area contributed by atoms with Crippen molar-refractivity contribution in [2.24, 2.45) is 0 Å². The van der Waals surface area contributed by atoms with E-state index in [1.807, 2.05) is 6.92 Å². The average molecular weight is 338 g/mol. The predicted octanol–water partition coefficient (Wildman–Crippen LogP) is 4.27. The molecule has 0 bridgehead atoms. The van der Waals surface area contributed by atoms with Gasteiger partial charge in [0.15, 0.2) is 0 Å². The molecule has 1 aliphatic carbocycles. The highest BCUT2D eigenvalue weighted by atomic mass is 16.6. The third kappa shape index (κ3) is 3.55. The lowest BCUT2D eigenvalue weighted by Gasteiger charge is -2.20. The minimum absolute atomic E-state index is 0.0333. The average Bonchev–Trinajstić information content (AvgIpc) is 2.61. The Labute approximate surface area is 147 Å². The molecule has 0 fully saturated rings. The van der Waals surface area contributed by atoms with Crippen LogP contribution >= 0.6 is 0 Å². The van der Waals surface area contributed by atoms with E-state index in [1.165, 1.54) is 30.0 Å². The summed E-state index contributed by atoms with van der Waals surface area (Å²) in [6.07, 6.45) is 4.67. The monoisotopic (exact) mass is 338 g/mol. The second-order valence-electron chi connectivity index (χ2n) is 6.64. The van der Waals surface area contributed by atoms with E-state index < -0.39 is 4.92 Å². The molecular weight excluding hydrogens is 316 g/mol. The highest BCUT2D eigenvalue weighted by Gasteiger charge is 2.20. The molecule has 0 saturated heterocycles. The molecule has 1 atom stereocenters. The summed E-state index contributed by atoms with van der Waals surface area (Å²) in [5, 5.41) is 14.0. The first kappa shape index (κ1) is 17.1. The van der Waals surface area contributed by atoms with Crippen molar-refractivity contribution in [3.05, 3.63) is 74.3 Å². The standard InChI is InChI=1S/C20H22N2O3/c1-13-18(8-5-9-19(13)22(24)25)20(23)21-14(2)16-11-10-15-6-3-4-7-17(15)12-16/h5,8-12,14H,3-4,6-7H2,1-2H3,(H,21,23). The number of hydrogen-bond acceptors (Lipinski definition) is 3. The number of amides is 1. The van der Waals surface area contributed by atoms with Crippen molar-refractivity contribution in [1.29, 1.82) is 0 Å². The maximum absolute atomic E-state index is 12.6. The fourth-order valence-electron chi connectivity index (χ4n) is 3.45. The van der Waals surface area contributed by atoms with Gasteiger partial charge in [-0.05, 0) is 62.3 Å². The van der Waals surface area contributed by atoms with Gasteiger partial charge in [-0.25, -0.2) is 0 Å². The minimum Gasteiger partial charge on any atom is -0.346 e. The molecule has 0 radical (unpaired) electrons. The Morgan fingerprint density at radius 1 is 1.16 bits per heavy atom. The van der Waals surface area contributed by atoms with E-state index in [-0.39, 0.29) is 17.6 Å². The van der Waals surface area contributed by atoms with Crippen LogP contribution in [0.5, 0.6) is 0 Å². The fourth-order valence-corrected chi connectivity index (χ4v) is 3.45. The second kappa shape index (κ2) is 7.05. The smallest absolute Gasteiger partial charge is 0.273 e. The number of hydrogen-bond donors (Lipinski definition) is 1. The van der Waals surface area contributed by atoms with Gasteiger partial charge < -0.3 is 5.32 Å². The Kier molecular flexibility index (Phi) is 4.83. The number of nitrogens with zero attached hydrogens (tertiary/aromatic N) is 1. The van der Waals surface area contributed by atoms with Gasteiger partial charge >= 0.3 is 0 Å². The molecule has 0 spiro atoms. The molecule has 1 unspecified atom stereocenters. The van der Waals surface area contributed by atoms with Gasteiger partial charge in [0.25, 0.3) is 11.6 Å². The molecule has 2 aromatic rings. The molecule has 25 heavy (non-hydrogen) atoms. The van der Waals surface area contributed by atoms with Crippen LogP contribution in [0.25, 0.3) is 0 Å². The summed E-state index contributed by atoms with van der Waals surface area (Å²) >= 11 is 0. The summed E-state index contributed by atoms with van der Waals surface area (Å²) in [6, 6.07) is 10.8. The summed E-state index contributed by atoms with van der Waals surface area (Å²) in [5.41, 5.74) is 4.55. The lowest BCUT2D eigenvalue weighted by atomic mass is 9.89. The first-order chi connectivity index (χ1) is 12.0. The zero-order valence-electron chi connectivity index (χ0n) is 14.5. The maximum Gasteiger partial charge on any atom is 0.273 e. The molecule has 0 aromatic heterocycles. The number of rotatable bonds is 4. The first-order valence-corrected chi connectivity index (χ1v) is 8.64. The lowest BCUT2D eigenvalue weighted by molar-refractivity contribution is -0.385. The molecule has 130 valence electrons. The van der Waals surface area contributed by atoms with Crippen molar-refractivity contribution < 1.29 is 9.72 Å². The third-order valence-corrected chi connectivity index (χ3v) is 4.97.